The van der Waals surface area contributed by atoms with E-state index in [9.17, 15) is 9.90 Å². The first-order valence-corrected chi connectivity index (χ1v) is 6.92. The van der Waals surface area contributed by atoms with Crippen molar-refractivity contribution in [1.29, 1.82) is 0 Å². The molecule has 1 unspecified atom stereocenters. The maximum absolute atomic E-state index is 11.8. The molecule has 1 rings (SSSR count). The van der Waals surface area contributed by atoms with E-state index in [2.05, 4.69) is 5.32 Å². The third-order valence-corrected chi connectivity index (χ3v) is 4.18. The van der Waals surface area contributed by atoms with Crippen molar-refractivity contribution >= 4 is 5.91 Å². The second kappa shape index (κ2) is 6.02. The molecule has 4 N–H and O–H groups in total. The number of nitrogens with two attached hydrogens (primary N) is 1. The summed E-state index contributed by atoms with van der Waals surface area (Å²) in [4.78, 5) is 11.8. The fourth-order valence-electron chi connectivity index (χ4n) is 2.38. The van der Waals surface area contributed by atoms with Gasteiger partial charge in [0, 0.05) is 24.4 Å². The lowest BCUT2D eigenvalue weighted by Gasteiger charge is -2.29. The molecular formula is C14H28N2O2. The molecule has 4 heteroatoms. The van der Waals surface area contributed by atoms with Gasteiger partial charge in [0.15, 0.2) is 0 Å². The largest absolute Gasteiger partial charge is 0.396 e. The number of aliphatic hydroxyl groups is 1. The first-order chi connectivity index (χ1) is 8.29. The topological polar surface area (TPSA) is 75.4 Å². The first kappa shape index (κ1) is 15.4. The van der Waals surface area contributed by atoms with Crippen molar-refractivity contribution in [3.05, 3.63) is 0 Å². The molecule has 4 nitrogen and oxygen atoms in total. The molecule has 0 bridgehead atoms. The molecule has 0 saturated heterocycles. The van der Waals surface area contributed by atoms with E-state index >= 15 is 0 Å². The fourth-order valence-corrected chi connectivity index (χ4v) is 2.38. The van der Waals surface area contributed by atoms with E-state index in [0.29, 0.717) is 13.0 Å². The lowest BCUT2D eigenvalue weighted by Crippen LogP contribution is -2.43. The van der Waals surface area contributed by atoms with E-state index in [-0.39, 0.29) is 29.4 Å². The Morgan fingerprint density at radius 2 is 1.94 bits per heavy atom. The zero-order valence-electron chi connectivity index (χ0n) is 12.0. The van der Waals surface area contributed by atoms with Crippen LogP contribution in [0.5, 0.6) is 0 Å². The van der Waals surface area contributed by atoms with Crippen LogP contribution in [0.2, 0.25) is 0 Å². The van der Waals surface area contributed by atoms with Gasteiger partial charge in [-0.3, -0.25) is 4.79 Å². The second-order valence-corrected chi connectivity index (χ2v) is 6.82. The number of rotatable bonds is 5. The number of carbonyl (C=O) groups excluding carboxylic acids is 1. The quantitative estimate of drug-likeness (QED) is 0.696. The minimum atomic E-state index is -0.133. The average molecular weight is 256 g/mol. The lowest BCUT2D eigenvalue weighted by atomic mass is 9.85. The highest BCUT2D eigenvalue weighted by molar-refractivity contribution is 5.76. The predicted octanol–water partition coefficient (Wildman–Crippen LogP) is 1.42. The summed E-state index contributed by atoms with van der Waals surface area (Å²) in [6.45, 7) is 6.86. The normalized spacial score (nSPS) is 20.7. The summed E-state index contributed by atoms with van der Waals surface area (Å²) in [5, 5.41) is 12.4. The molecule has 1 amide bonds. The smallest absolute Gasteiger partial charge is 0.221 e. The van der Waals surface area contributed by atoms with Crippen molar-refractivity contribution in [2.45, 2.75) is 58.9 Å². The Hall–Kier alpha value is -0.610. The van der Waals surface area contributed by atoms with Gasteiger partial charge in [-0.25, -0.2) is 0 Å². The molecule has 1 aliphatic rings. The minimum absolute atomic E-state index is 0.00264. The number of nitrogens with one attached hydrogen (secondary N) is 1. The Kier molecular flexibility index (Phi) is 5.17. The van der Waals surface area contributed by atoms with Gasteiger partial charge >= 0.3 is 0 Å². The maximum atomic E-state index is 11.8. The molecule has 0 heterocycles. The van der Waals surface area contributed by atoms with Crippen molar-refractivity contribution in [1.82, 2.24) is 5.32 Å². The molecular weight excluding hydrogens is 228 g/mol. The molecule has 1 atom stereocenters. The third-order valence-electron chi connectivity index (χ3n) is 4.18. The molecule has 0 radical (unpaired) electrons. The zero-order valence-corrected chi connectivity index (χ0v) is 12.0. The van der Waals surface area contributed by atoms with Gasteiger partial charge in [0.2, 0.25) is 5.91 Å². The zero-order chi connectivity index (χ0) is 13.8. The number of amides is 1. The molecule has 18 heavy (non-hydrogen) atoms. The summed E-state index contributed by atoms with van der Waals surface area (Å²) in [5.74, 6) is -0.00264. The highest BCUT2D eigenvalue weighted by Crippen LogP contribution is 2.36. The van der Waals surface area contributed by atoms with E-state index in [1.807, 2.05) is 20.8 Å². The molecule has 106 valence electrons. The van der Waals surface area contributed by atoms with Gasteiger partial charge < -0.3 is 16.2 Å². The van der Waals surface area contributed by atoms with Crippen LogP contribution in [0, 0.1) is 10.8 Å². The van der Waals surface area contributed by atoms with Gasteiger partial charge in [-0.05, 0) is 18.3 Å². The van der Waals surface area contributed by atoms with Gasteiger partial charge in [-0.2, -0.15) is 0 Å². The van der Waals surface area contributed by atoms with Crippen LogP contribution in [-0.4, -0.2) is 30.2 Å². The summed E-state index contributed by atoms with van der Waals surface area (Å²) < 4.78 is 0. The van der Waals surface area contributed by atoms with Crippen LogP contribution >= 0.6 is 0 Å². The van der Waals surface area contributed by atoms with Crippen LogP contribution in [0.15, 0.2) is 0 Å². The van der Waals surface area contributed by atoms with Crippen LogP contribution in [0.25, 0.3) is 0 Å². The van der Waals surface area contributed by atoms with Crippen LogP contribution < -0.4 is 11.1 Å². The summed E-state index contributed by atoms with van der Waals surface area (Å²) in [5.41, 5.74) is 5.85. The minimum Gasteiger partial charge on any atom is -0.396 e. The number of hydrogen-bond donors (Lipinski definition) is 3. The van der Waals surface area contributed by atoms with Gasteiger partial charge in [0.1, 0.15) is 0 Å². The van der Waals surface area contributed by atoms with Gasteiger partial charge in [0.25, 0.3) is 0 Å². The molecule has 0 spiro atoms. The average Bonchev–Trinajstić information content (AvgIpc) is 2.74. The van der Waals surface area contributed by atoms with Gasteiger partial charge in [-0.1, -0.05) is 33.6 Å². The number of carbonyl (C=O) groups is 1. The Labute approximate surface area is 110 Å². The van der Waals surface area contributed by atoms with Crippen LogP contribution in [0.3, 0.4) is 0 Å². The predicted molar refractivity (Wildman–Crippen MR) is 73.0 cm³/mol. The van der Waals surface area contributed by atoms with E-state index in [0.717, 1.165) is 25.7 Å². The Balaban J connectivity index is 2.37. The van der Waals surface area contributed by atoms with Gasteiger partial charge in [0.05, 0.1) is 6.61 Å². The lowest BCUT2D eigenvalue weighted by molar-refractivity contribution is -0.122. The van der Waals surface area contributed by atoms with Gasteiger partial charge in [-0.15, -0.1) is 0 Å². The number of aliphatic hydroxyl groups excluding tert-OH is 1. The van der Waals surface area contributed by atoms with E-state index in [1.165, 1.54) is 0 Å². The van der Waals surface area contributed by atoms with Crippen molar-refractivity contribution in [3.63, 3.8) is 0 Å². The Morgan fingerprint density at radius 1 is 1.39 bits per heavy atom. The van der Waals surface area contributed by atoms with E-state index in [1.54, 1.807) is 0 Å². The number of hydrogen-bond acceptors (Lipinski definition) is 3. The Morgan fingerprint density at radius 3 is 2.39 bits per heavy atom. The molecule has 1 saturated carbocycles. The van der Waals surface area contributed by atoms with Crippen molar-refractivity contribution < 1.29 is 9.90 Å². The van der Waals surface area contributed by atoms with Crippen LogP contribution in [0.1, 0.15) is 52.9 Å². The Bertz CT molecular complexity index is 278. The van der Waals surface area contributed by atoms with Crippen LogP contribution in [0.4, 0.5) is 0 Å². The second-order valence-electron chi connectivity index (χ2n) is 6.82. The standard InChI is InChI=1S/C14H28N2O2/c1-13(2,3)11(15)8-12(18)16-9-14(10-17)6-4-5-7-14/h11,17H,4-10,15H2,1-3H3,(H,16,18). The third kappa shape index (κ3) is 4.25. The van der Waals surface area contributed by atoms with E-state index in [4.69, 9.17) is 5.73 Å². The highest BCUT2D eigenvalue weighted by atomic mass is 16.3. The molecule has 0 aromatic heterocycles. The molecule has 0 aromatic rings. The molecule has 0 aromatic carbocycles. The van der Waals surface area contributed by atoms with E-state index < -0.39 is 0 Å². The summed E-state index contributed by atoms with van der Waals surface area (Å²) in [7, 11) is 0. The molecule has 1 fully saturated rings. The SMILES string of the molecule is CC(C)(C)C(N)CC(=O)NCC1(CO)CCCC1. The summed E-state index contributed by atoms with van der Waals surface area (Å²) >= 11 is 0. The monoisotopic (exact) mass is 256 g/mol. The summed E-state index contributed by atoms with van der Waals surface area (Å²) in [6, 6.07) is -0.133. The molecule has 1 aliphatic carbocycles. The fraction of sp³-hybridized carbons (Fsp3) is 0.929. The van der Waals surface area contributed by atoms with Crippen LogP contribution in [-0.2, 0) is 4.79 Å². The first-order valence-electron chi connectivity index (χ1n) is 6.92. The van der Waals surface area contributed by atoms with Crippen molar-refractivity contribution in [2.24, 2.45) is 16.6 Å². The highest BCUT2D eigenvalue weighted by Gasteiger charge is 2.33. The maximum Gasteiger partial charge on any atom is 0.221 e. The van der Waals surface area contributed by atoms with Crippen molar-refractivity contribution in [3.8, 4) is 0 Å². The molecule has 0 aliphatic heterocycles. The summed E-state index contributed by atoms with van der Waals surface area (Å²) in [6.07, 6.45) is 4.67. The van der Waals surface area contributed by atoms with Crippen molar-refractivity contribution in [2.75, 3.05) is 13.2 Å².